The van der Waals surface area contributed by atoms with Gasteiger partial charge in [0.2, 0.25) is 0 Å². The Morgan fingerprint density at radius 1 is 1.41 bits per heavy atom. The van der Waals surface area contributed by atoms with Gasteiger partial charge >= 0.3 is 5.97 Å². The van der Waals surface area contributed by atoms with Crippen molar-refractivity contribution in [3.8, 4) is 0 Å². The molecule has 0 unspecified atom stereocenters. The van der Waals surface area contributed by atoms with Crippen molar-refractivity contribution in [2.24, 2.45) is 5.92 Å². The maximum atomic E-state index is 10.9. The second-order valence-corrected chi connectivity index (χ2v) is 4.89. The average molecular weight is 254 g/mol. The number of carboxylic acid groups (broad SMARTS) is 1. The van der Waals surface area contributed by atoms with Crippen LogP contribution in [0.25, 0.3) is 0 Å². The first kappa shape index (κ1) is 12.2. The van der Waals surface area contributed by atoms with Gasteiger partial charge in [-0.2, -0.15) is 0 Å². The van der Waals surface area contributed by atoms with Crippen LogP contribution in [-0.2, 0) is 4.79 Å². The molecular weight excluding hydrogens is 238 g/mol. The topological polar surface area (TPSA) is 40.5 Å². The summed E-state index contributed by atoms with van der Waals surface area (Å²) in [6, 6.07) is 5.86. The monoisotopic (exact) mass is 253 g/mol. The number of hydrogen-bond donors (Lipinski definition) is 1. The van der Waals surface area contributed by atoms with Crippen LogP contribution in [0.15, 0.2) is 18.2 Å². The zero-order valence-electron chi connectivity index (χ0n) is 9.82. The molecule has 1 heterocycles. The highest BCUT2D eigenvalue weighted by atomic mass is 35.5. The smallest absolute Gasteiger partial charge is 0.306 e. The molecule has 1 N–H and O–H groups in total. The standard InChI is InChI=1S/C13H16ClNO2/c1-9-11(14)3-2-4-12(9)15-7-5-10(6-8-15)13(16)17/h2-4,10H,5-8H2,1H3,(H,16,17). The molecule has 3 nitrogen and oxygen atoms in total. The Morgan fingerprint density at radius 2 is 2.06 bits per heavy atom. The molecule has 17 heavy (non-hydrogen) atoms. The minimum atomic E-state index is -0.674. The van der Waals surface area contributed by atoms with E-state index in [4.69, 9.17) is 16.7 Å². The van der Waals surface area contributed by atoms with Crippen LogP contribution in [0, 0.1) is 12.8 Å². The van der Waals surface area contributed by atoms with Gasteiger partial charge in [0.1, 0.15) is 0 Å². The van der Waals surface area contributed by atoms with Gasteiger partial charge in [0.05, 0.1) is 5.92 Å². The van der Waals surface area contributed by atoms with Crippen molar-refractivity contribution < 1.29 is 9.90 Å². The summed E-state index contributed by atoms with van der Waals surface area (Å²) in [5, 5.41) is 9.72. The van der Waals surface area contributed by atoms with Crippen LogP contribution < -0.4 is 4.90 Å². The first-order valence-corrected chi connectivity index (χ1v) is 6.20. The molecule has 0 saturated carbocycles. The van der Waals surface area contributed by atoms with Crippen LogP contribution >= 0.6 is 11.6 Å². The molecule has 4 heteroatoms. The number of piperidine rings is 1. The van der Waals surface area contributed by atoms with E-state index >= 15 is 0 Å². The highest BCUT2D eigenvalue weighted by Gasteiger charge is 2.25. The highest BCUT2D eigenvalue weighted by Crippen LogP contribution is 2.29. The quantitative estimate of drug-likeness (QED) is 0.881. The Balaban J connectivity index is 2.10. The van der Waals surface area contributed by atoms with Crippen molar-refractivity contribution in [3.05, 3.63) is 28.8 Å². The summed E-state index contributed by atoms with van der Waals surface area (Å²) in [4.78, 5) is 13.1. The predicted octanol–water partition coefficient (Wildman–Crippen LogP) is 2.95. The lowest BCUT2D eigenvalue weighted by atomic mass is 9.96. The molecule has 0 bridgehead atoms. The number of anilines is 1. The zero-order valence-corrected chi connectivity index (χ0v) is 10.6. The van der Waals surface area contributed by atoms with Crippen molar-refractivity contribution >= 4 is 23.3 Å². The van der Waals surface area contributed by atoms with Crippen LogP contribution in [0.1, 0.15) is 18.4 Å². The molecule has 1 aliphatic rings. The molecule has 0 aromatic heterocycles. The van der Waals surface area contributed by atoms with E-state index in [2.05, 4.69) is 4.90 Å². The van der Waals surface area contributed by atoms with Crippen LogP contribution in [-0.4, -0.2) is 24.2 Å². The third kappa shape index (κ3) is 2.55. The zero-order chi connectivity index (χ0) is 12.4. The van der Waals surface area contributed by atoms with Gasteiger partial charge in [-0.1, -0.05) is 17.7 Å². The third-order valence-corrected chi connectivity index (χ3v) is 3.83. The summed E-state index contributed by atoms with van der Waals surface area (Å²) in [5.41, 5.74) is 2.20. The normalized spacial score (nSPS) is 17.2. The van der Waals surface area contributed by atoms with Gasteiger partial charge in [0.25, 0.3) is 0 Å². The summed E-state index contributed by atoms with van der Waals surface area (Å²) in [6.07, 6.45) is 1.42. The highest BCUT2D eigenvalue weighted by molar-refractivity contribution is 6.31. The lowest BCUT2D eigenvalue weighted by molar-refractivity contribution is -0.142. The van der Waals surface area contributed by atoms with E-state index < -0.39 is 5.97 Å². The summed E-state index contributed by atoms with van der Waals surface area (Å²) >= 11 is 6.09. The Bertz CT molecular complexity index is 425. The lowest BCUT2D eigenvalue weighted by Gasteiger charge is -2.33. The fourth-order valence-corrected chi connectivity index (χ4v) is 2.48. The van der Waals surface area contributed by atoms with E-state index in [1.165, 1.54) is 0 Å². The Labute approximate surface area is 106 Å². The molecule has 1 aromatic rings. The van der Waals surface area contributed by atoms with Gasteiger partial charge in [0.15, 0.2) is 0 Å². The molecule has 1 aromatic carbocycles. The van der Waals surface area contributed by atoms with Crippen molar-refractivity contribution in [1.82, 2.24) is 0 Å². The molecule has 1 saturated heterocycles. The fourth-order valence-electron chi connectivity index (χ4n) is 2.31. The van der Waals surface area contributed by atoms with E-state index in [0.717, 1.165) is 29.4 Å². The fraction of sp³-hybridized carbons (Fsp3) is 0.462. The van der Waals surface area contributed by atoms with Gasteiger partial charge in [0, 0.05) is 23.8 Å². The van der Waals surface area contributed by atoms with Gasteiger partial charge in [-0.25, -0.2) is 0 Å². The Hall–Kier alpha value is -1.22. The van der Waals surface area contributed by atoms with Gasteiger partial charge in [-0.3, -0.25) is 4.79 Å². The molecule has 0 radical (unpaired) electrons. The van der Waals surface area contributed by atoms with Crippen molar-refractivity contribution in [3.63, 3.8) is 0 Å². The van der Waals surface area contributed by atoms with Crippen LogP contribution in [0.4, 0.5) is 5.69 Å². The number of nitrogens with zero attached hydrogens (tertiary/aromatic N) is 1. The predicted molar refractivity (Wildman–Crippen MR) is 68.8 cm³/mol. The number of carbonyl (C=O) groups is 1. The maximum absolute atomic E-state index is 10.9. The minimum Gasteiger partial charge on any atom is -0.481 e. The molecule has 0 atom stereocenters. The van der Waals surface area contributed by atoms with Crippen molar-refractivity contribution in [1.29, 1.82) is 0 Å². The molecular formula is C13H16ClNO2. The number of hydrogen-bond acceptors (Lipinski definition) is 2. The number of benzene rings is 1. The van der Waals surface area contributed by atoms with E-state index in [0.29, 0.717) is 12.8 Å². The SMILES string of the molecule is Cc1c(Cl)cccc1N1CCC(C(=O)O)CC1. The number of aliphatic carboxylic acids is 1. The molecule has 92 valence electrons. The second-order valence-electron chi connectivity index (χ2n) is 4.48. The molecule has 0 spiro atoms. The molecule has 1 aliphatic heterocycles. The average Bonchev–Trinajstić information content (AvgIpc) is 2.33. The molecule has 0 aliphatic carbocycles. The Morgan fingerprint density at radius 3 is 2.65 bits per heavy atom. The van der Waals surface area contributed by atoms with E-state index in [1.807, 2.05) is 25.1 Å². The van der Waals surface area contributed by atoms with Gasteiger partial charge in [-0.05, 0) is 37.5 Å². The van der Waals surface area contributed by atoms with Crippen LogP contribution in [0.5, 0.6) is 0 Å². The second kappa shape index (κ2) is 4.96. The van der Waals surface area contributed by atoms with E-state index in [9.17, 15) is 4.79 Å². The van der Waals surface area contributed by atoms with Crippen molar-refractivity contribution in [2.45, 2.75) is 19.8 Å². The molecule has 0 amide bonds. The molecule has 2 rings (SSSR count). The summed E-state index contributed by atoms with van der Waals surface area (Å²) in [7, 11) is 0. The largest absolute Gasteiger partial charge is 0.481 e. The lowest BCUT2D eigenvalue weighted by Crippen LogP contribution is -2.36. The third-order valence-electron chi connectivity index (χ3n) is 3.42. The Kier molecular flexibility index (Phi) is 3.57. The van der Waals surface area contributed by atoms with E-state index in [-0.39, 0.29) is 5.92 Å². The maximum Gasteiger partial charge on any atom is 0.306 e. The van der Waals surface area contributed by atoms with E-state index in [1.54, 1.807) is 0 Å². The van der Waals surface area contributed by atoms with Crippen molar-refractivity contribution in [2.75, 3.05) is 18.0 Å². The first-order chi connectivity index (χ1) is 8.09. The van der Waals surface area contributed by atoms with Crippen LogP contribution in [0.3, 0.4) is 0 Å². The minimum absolute atomic E-state index is 0.189. The molecule has 1 fully saturated rings. The number of carboxylic acids is 1. The first-order valence-electron chi connectivity index (χ1n) is 5.82. The van der Waals surface area contributed by atoms with Crippen LogP contribution in [0.2, 0.25) is 5.02 Å². The summed E-state index contributed by atoms with van der Waals surface area (Å²) < 4.78 is 0. The number of rotatable bonds is 2. The van der Waals surface area contributed by atoms with Gasteiger partial charge < -0.3 is 10.0 Å². The number of halogens is 1. The summed E-state index contributed by atoms with van der Waals surface area (Å²) in [5.74, 6) is -0.863. The van der Waals surface area contributed by atoms with Gasteiger partial charge in [-0.15, -0.1) is 0 Å². The summed E-state index contributed by atoms with van der Waals surface area (Å²) in [6.45, 7) is 3.58.